The highest BCUT2D eigenvalue weighted by Crippen LogP contribution is 2.25. The average molecular weight is 549 g/mol. The summed E-state index contributed by atoms with van der Waals surface area (Å²) in [6.07, 6.45) is -3.34. The van der Waals surface area contributed by atoms with Gasteiger partial charge in [-0.05, 0) is 69.5 Å². The molecule has 0 unspecified atom stereocenters. The van der Waals surface area contributed by atoms with E-state index in [4.69, 9.17) is 9.90 Å². The number of benzene rings is 2. The van der Waals surface area contributed by atoms with Crippen LogP contribution in [0.1, 0.15) is 49.7 Å². The highest BCUT2D eigenvalue weighted by atomic mass is 19.4. The van der Waals surface area contributed by atoms with Gasteiger partial charge in [0.1, 0.15) is 0 Å². The Morgan fingerprint density at radius 2 is 1.69 bits per heavy atom. The van der Waals surface area contributed by atoms with Gasteiger partial charge < -0.3 is 20.4 Å². The highest BCUT2D eigenvalue weighted by molar-refractivity contribution is 6.05. The van der Waals surface area contributed by atoms with E-state index in [0.717, 1.165) is 29.8 Å². The summed E-state index contributed by atoms with van der Waals surface area (Å²) in [5.74, 6) is -4.06. The lowest BCUT2D eigenvalue weighted by Gasteiger charge is -2.22. The number of amides is 1. The van der Waals surface area contributed by atoms with Crippen LogP contribution in [0.4, 0.5) is 24.5 Å². The first kappa shape index (κ1) is 30.9. The third-order valence-electron chi connectivity index (χ3n) is 6.00. The molecule has 0 atom stereocenters. The van der Waals surface area contributed by atoms with Crippen LogP contribution in [-0.4, -0.2) is 57.6 Å². The van der Waals surface area contributed by atoms with E-state index in [0.29, 0.717) is 23.5 Å². The molecule has 12 heteroatoms. The van der Waals surface area contributed by atoms with Gasteiger partial charge in [-0.2, -0.15) is 18.3 Å². The number of nitrogens with one attached hydrogen (secondary N) is 1. The van der Waals surface area contributed by atoms with Gasteiger partial charge in [0.2, 0.25) is 0 Å². The molecule has 0 saturated heterocycles. The van der Waals surface area contributed by atoms with Crippen molar-refractivity contribution in [1.82, 2.24) is 9.78 Å². The third kappa shape index (κ3) is 8.59. The molecule has 1 heterocycles. The van der Waals surface area contributed by atoms with Crippen molar-refractivity contribution in [2.45, 2.75) is 39.8 Å². The monoisotopic (exact) mass is 548 g/mol. The minimum atomic E-state index is -5.08. The minimum absolute atomic E-state index is 0.156. The molecule has 0 aliphatic rings. The summed E-state index contributed by atoms with van der Waals surface area (Å²) >= 11 is 0. The zero-order chi connectivity index (χ0) is 29.5. The van der Waals surface area contributed by atoms with Crippen LogP contribution in [0.25, 0.3) is 0 Å². The highest BCUT2D eigenvalue weighted by Gasteiger charge is 2.38. The summed E-state index contributed by atoms with van der Waals surface area (Å²) < 4.78 is 33.6. The van der Waals surface area contributed by atoms with E-state index >= 15 is 0 Å². The summed E-state index contributed by atoms with van der Waals surface area (Å²) in [6.45, 7) is 6.69. The first-order valence-electron chi connectivity index (χ1n) is 11.9. The van der Waals surface area contributed by atoms with Gasteiger partial charge in [0.15, 0.2) is 0 Å². The zero-order valence-corrected chi connectivity index (χ0v) is 22.3. The van der Waals surface area contributed by atoms with Crippen molar-refractivity contribution in [3.8, 4) is 0 Å². The maximum atomic E-state index is 12.5. The topological polar surface area (TPSA) is 125 Å². The van der Waals surface area contributed by atoms with Gasteiger partial charge in [0.25, 0.3) is 5.91 Å². The molecule has 0 aliphatic heterocycles. The van der Waals surface area contributed by atoms with Crippen LogP contribution in [0.3, 0.4) is 0 Å². The van der Waals surface area contributed by atoms with Crippen LogP contribution in [0.5, 0.6) is 0 Å². The number of aromatic carboxylic acids is 1. The Balaban J connectivity index is 0.000000673. The molecule has 3 N–H and O–H groups in total. The normalized spacial score (nSPS) is 10.9. The molecule has 0 aliphatic carbocycles. The molecule has 3 rings (SSSR count). The summed E-state index contributed by atoms with van der Waals surface area (Å²) in [7, 11) is 3.83. The van der Waals surface area contributed by atoms with E-state index in [1.54, 1.807) is 24.3 Å². The second-order valence-corrected chi connectivity index (χ2v) is 8.96. The molecule has 0 saturated carbocycles. The van der Waals surface area contributed by atoms with Crippen LogP contribution in [0.2, 0.25) is 0 Å². The molecule has 0 fully saturated rings. The van der Waals surface area contributed by atoms with E-state index in [9.17, 15) is 27.9 Å². The largest absolute Gasteiger partial charge is 0.490 e. The Labute approximate surface area is 223 Å². The van der Waals surface area contributed by atoms with Gasteiger partial charge >= 0.3 is 18.1 Å². The van der Waals surface area contributed by atoms with E-state index in [-0.39, 0.29) is 11.5 Å². The molecule has 0 spiro atoms. The Bertz CT molecular complexity index is 1350. The predicted molar refractivity (Wildman–Crippen MR) is 140 cm³/mol. The Kier molecular flexibility index (Phi) is 10.2. The maximum Gasteiger partial charge on any atom is 0.490 e. The summed E-state index contributed by atoms with van der Waals surface area (Å²) in [5, 5.41) is 24.1. The molecule has 0 radical (unpaired) electrons. The van der Waals surface area contributed by atoms with Crippen LogP contribution in [0.15, 0.2) is 42.5 Å². The van der Waals surface area contributed by atoms with Crippen molar-refractivity contribution < 1.29 is 37.8 Å². The average Bonchev–Trinajstić information content (AvgIpc) is 3.09. The molecule has 2 aromatic carbocycles. The lowest BCUT2D eigenvalue weighted by Crippen LogP contribution is -2.22. The fourth-order valence-electron chi connectivity index (χ4n) is 3.90. The van der Waals surface area contributed by atoms with Crippen LogP contribution in [0, 0.1) is 20.8 Å². The molecule has 0 bridgehead atoms. The summed E-state index contributed by atoms with van der Waals surface area (Å²) in [6, 6.07) is 12.3. The number of aryl methyl sites for hydroxylation is 3. The zero-order valence-electron chi connectivity index (χ0n) is 22.3. The summed E-state index contributed by atoms with van der Waals surface area (Å²) in [4.78, 5) is 35.3. The van der Waals surface area contributed by atoms with Gasteiger partial charge in [-0.25, -0.2) is 9.59 Å². The standard InChI is InChI=1S/C25H30N4O3.C2HF3O2/c1-16-8-6-9-19(14-16)24(30)26-20-11-12-23(22(15-20)25(31)32)28(4)13-7-10-21-17(2)27-29(5)18(21)3;3-2(4,5)1(6)7/h6,8-9,11-12,14-15H,7,10,13H2,1-5H3,(H,26,30)(H,31,32);(H,6,7). The van der Waals surface area contributed by atoms with Gasteiger partial charge in [-0.15, -0.1) is 0 Å². The first-order chi connectivity index (χ1) is 18.1. The number of alkyl halides is 3. The Morgan fingerprint density at radius 3 is 2.21 bits per heavy atom. The lowest BCUT2D eigenvalue weighted by molar-refractivity contribution is -0.192. The molecule has 9 nitrogen and oxygen atoms in total. The van der Waals surface area contributed by atoms with Crippen molar-refractivity contribution in [1.29, 1.82) is 0 Å². The first-order valence-corrected chi connectivity index (χ1v) is 11.9. The molecule has 210 valence electrons. The number of halogens is 3. The summed E-state index contributed by atoms with van der Waals surface area (Å²) in [5.41, 5.74) is 6.18. The van der Waals surface area contributed by atoms with Crippen molar-refractivity contribution >= 4 is 29.2 Å². The number of aliphatic carboxylic acids is 1. The number of carboxylic acid groups (broad SMARTS) is 2. The smallest absolute Gasteiger partial charge is 0.478 e. The number of anilines is 2. The fourth-order valence-corrected chi connectivity index (χ4v) is 3.90. The van der Waals surface area contributed by atoms with Crippen LogP contribution in [-0.2, 0) is 18.3 Å². The number of hydrogen-bond acceptors (Lipinski definition) is 5. The number of carbonyl (C=O) groups excluding carboxylic acids is 1. The number of rotatable bonds is 8. The Hall–Kier alpha value is -4.35. The van der Waals surface area contributed by atoms with E-state index in [2.05, 4.69) is 17.3 Å². The molecular formula is C27H31F3N4O5. The fraction of sp³-hybridized carbons (Fsp3) is 0.333. The molecular weight excluding hydrogens is 517 g/mol. The van der Waals surface area contributed by atoms with Gasteiger partial charge in [0.05, 0.1) is 16.9 Å². The van der Waals surface area contributed by atoms with Crippen molar-refractivity contribution in [2.75, 3.05) is 23.8 Å². The predicted octanol–water partition coefficient (Wildman–Crippen LogP) is 5.00. The van der Waals surface area contributed by atoms with Crippen molar-refractivity contribution in [3.63, 3.8) is 0 Å². The van der Waals surface area contributed by atoms with E-state index in [1.807, 2.05) is 49.7 Å². The number of hydrogen-bond donors (Lipinski definition) is 3. The second-order valence-electron chi connectivity index (χ2n) is 8.96. The van der Waals surface area contributed by atoms with E-state index < -0.39 is 18.1 Å². The lowest BCUT2D eigenvalue weighted by atomic mass is 10.1. The second kappa shape index (κ2) is 12.9. The van der Waals surface area contributed by atoms with Gasteiger partial charge in [-0.1, -0.05) is 17.7 Å². The van der Waals surface area contributed by atoms with E-state index in [1.165, 1.54) is 11.6 Å². The van der Waals surface area contributed by atoms with Gasteiger partial charge in [0, 0.05) is 37.6 Å². The maximum absolute atomic E-state index is 12.5. The number of nitrogens with zero attached hydrogens (tertiary/aromatic N) is 3. The SMILES string of the molecule is Cc1cccc(C(=O)Nc2ccc(N(C)CCCc3c(C)nn(C)c3C)c(C(=O)O)c2)c1.O=C(O)C(F)(F)F. The quantitative estimate of drug-likeness (QED) is 0.362. The molecule has 3 aromatic rings. The minimum Gasteiger partial charge on any atom is -0.478 e. The molecule has 39 heavy (non-hydrogen) atoms. The molecule has 1 amide bonds. The van der Waals surface area contributed by atoms with Crippen LogP contribution < -0.4 is 10.2 Å². The van der Waals surface area contributed by atoms with Gasteiger partial charge in [-0.3, -0.25) is 9.48 Å². The third-order valence-corrected chi connectivity index (χ3v) is 6.00. The van der Waals surface area contributed by atoms with Crippen molar-refractivity contribution in [3.05, 3.63) is 76.1 Å². The number of carbonyl (C=O) groups is 3. The number of carboxylic acids is 2. The van der Waals surface area contributed by atoms with Crippen LogP contribution >= 0.6 is 0 Å². The van der Waals surface area contributed by atoms with Crippen molar-refractivity contribution in [2.24, 2.45) is 7.05 Å². The molecule has 1 aromatic heterocycles. The number of aromatic nitrogens is 2. The Morgan fingerprint density at radius 1 is 1.05 bits per heavy atom.